The number of halogens is 3. The van der Waals surface area contributed by atoms with Crippen LogP contribution in [0, 0.1) is 5.92 Å². The maximum absolute atomic E-state index is 12.4. The van der Waals surface area contributed by atoms with Gasteiger partial charge in [0.15, 0.2) is 0 Å². The molecule has 0 amide bonds. The van der Waals surface area contributed by atoms with Crippen LogP contribution in [0.4, 0.5) is 8.78 Å². The van der Waals surface area contributed by atoms with Crippen molar-refractivity contribution in [2.45, 2.75) is 52.8 Å². The van der Waals surface area contributed by atoms with Crippen LogP contribution in [-0.2, 0) is 6.54 Å². The zero-order valence-electron chi connectivity index (χ0n) is 12.1. The van der Waals surface area contributed by atoms with E-state index in [1.807, 2.05) is 0 Å². The molecule has 0 saturated carbocycles. The van der Waals surface area contributed by atoms with E-state index < -0.39 is 6.61 Å². The number of nitrogens with one attached hydrogen (secondary N) is 1. The predicted octanol–water partition coefficient (Wildman–Crippen LogP) is 4.96. The molecule has 5 heteroatoms. The van der Waals surface area contributed by atoms with Gasteiger partial charge in [0.2, 0.25) is 0 Å². The van der Waals surface area contributed by atoms with Gasteiger partial charge >= 0.3 is 6.61 Å². The lowest BCUT2D eigenvalue weighted by Gasteiger charge is -2.19. The second-order valence-electron chi connectivity index (χ2n) is 5.16. The van der Waals surface area contributed by atoms with Gasteiger partial charge in [-0.25, -0.2) is 0 Å². The number of rotatable bonds is 8. The highest BCUT2D eigenvalue weighted by Crippen LogP contribution is 2.25. The molecule has 20 heavy (non-hydrogen) atoms. The van der Waals surface area contributed by atoms with E-state index in [4.69, 9.17) is 0 Å². The summed E-state index contributed by atoms with van der Waals surface area (Å²) in [7, 11) is 0. The summed E-state index contributed by atoms with van der Waals surface area (Å²) in [5.74, 6) is 0.878. The largest absolute Gasteiger partial charge is 0.434 e. The average molecular weight is 350 g/mol. The van der Waals surface area contributed by atoms with Crippen molar-refractivity contribution in [3.63, 3.8) is 0 Å². The van der Waals surface area contributed by atoms with Gasteiger partial charge in [0, 0.05) is 22.6 Å². The monoisotopic (exact) mass is 349 g/mol. The van der Waals surface area contributed by atoms with Crippen LogP contribution in [0.3, 0.4) is 0 Å². The molecule has 0 aliphatic heterocycles. The van der Waals surface area contributed by atoms with Crippen molar-refractivity contribution in [3.8, 4) is 5.75 Å². The van der Waals surface area contributed by atoms with Gasteiger partial charge in [0.25, 0.3) is 0 Å². The van der Waals surface area contributed by atoms with Crippen molar-refractivity contribution >= 4 is 15.9 Å². The molecule has 0 spiro atoms. The minimum absolute atomic E-state index is 0.228. The quantitative estimate of drug-likeness (QED) is 0.715. The van der Waals surface area contributed by atoms with Crippen LogP contribution in [0.25, 0.3) is 0 Å². The molecule has 0 fully saturated rings. The van der Waals surface area contributed by atoms with Gasteiger partial charge < -0.3 is 10.1 Å². The molecular weight excluding hydrogens is 328 g/mol. The van der Waals surface area contributed by atoms with E-state index in [-0.39, 0.29) is 5.75 Å². The van der Waals surface area contributed by atoms with Gasteiger partial charge in [-0.05, 0) is 37.5 Å². The third kappa shape index (κ3) is 6.18. The first-order chi connectivity index (χ1) is 9.42. The molecule has 1 aromatic rings. The Balaban J connectivity index is 2.63. The minimum atomic E-state index is -2.80. The van der Waals surface area contributed by atoms with Crippen LogP contribution >= 0.6 is 15.9 Å². The van der Waals surface area contributed by atoms with Crippen LogP contribution in [0.2, 0.25) is 0 Å². The maximum Gasteiger partial charge on any atom is 0.387 e. The number of ether oxygens (including phenoxy) is 1. The minimum Gasteiger partial charge on any atom is -0.434 e. The molecule has 0 saturated heterocycles. The Morgan fingerprint density at radius 3 is 2.60 bits per heavy atom. The highest BCUT2D eigenvalue weighted by Gasteiger charge is 2.12. The van der Waals surface area contributed by atoms with Gasteiger partial charge in [0.1, 0.15) is 5.75 Å². The first-order valence-corrected chi connectivity index (χ1v) is 7.68. The first-order valence-electron chi connectivity index (χ1n) is 6.89. The van der Waals surface area contributed by atoms with Crippen molar-refractivity contribution < 1.29 is 13.5 Å². The van der Waals surface area contributed by atoms with Crippen molar-refractivity contribution in [2.75, 3.05) is 0 Å². The molecule has 1 N–H and O–H groups in total. The Kier molecular flexibility index (Phi) is 7.45. The molecule has 2 nitrogen and oxygen atoms in total. The topological polar surface area (TPSA) is 21.3 Å². The van der Waals surface area contributed by atoms with Crippen molar-refractivity contribution in [2.24, 2.45) is 5.92 Å². The summed E-state index contributed by atoms with van der Waals surface area (Å²) in [5.41, 5.74) is 0.732. The molecule has 114 valence electrons. The van der Waals surface area contributed by atoms with Gasteiger partial charge in [-0.1, -0.05) is 36.2 Å². The third-order valence-electron chi connectivity index (χ3n) is 3.33. The molecule has 0 aliphatic carbocycles. The van der Waals surface area contributed by atoms with Gasteiger partial charge in [-0.15, -0.1) is 0 Å². The van der Waals surface area contributed by atoms with E-state index in [1.54, 1.807) is 18.2 Å². The van der Waals surface area contributed by atoms with Gasteiger partial charge in [0.05, 0.1) is 0 Å². The average Bonchev–Trinajstić information content (AvgIpc) is 2.38. The Hall–Kier alpha value is -0.680. The van der Waals surface area contributed by atoms with Gasteiger partial charge in [-0.2, -0.15) is 8.78 Å². The molecule has 1 rings (SSSR count). The number of hydrogen-bond acceptors (Lipinski definition) is 2. The molecule has 1 aromatic carbocycles. The summed E-state index contributed by atoms with van der Waals surface area (Å²) >= 11 is 3.35. The smallest absolute Gasteiger partial charge is 0.387 e. The molecule has 0 aliphatic rings. The van der Waals surface area contributed by atoms with Crippen LogP contribution in [0.1, 0.15) is 39.2 Å². The first kappa shape index (κ1) is 17.4. The zero-order chi connectivity index (χ0) is 15.1. The van der Waals surface area contributed by atoms with Crippen molar-refractivity contribution in [1.29, 1.82) is 0 Å². The fourth-order valence-electron chi connectivity index (χ4n) is 2.03. The van der Waals surface area contributed by atoms with Gasteiger partial charge in [-0.3, -0.25) is 0 Å². The fraction of sp³-hybridized carbons (Fsp3) is 0.600. The number of alkyl halides is 2. The molecule has 0 heterocycles. The van der Waals surface area contributed by atoms with Crippen LogP contribution in [-0.4, -0.2) is 12.7 Å². The molecule has 2 atom stereocenters. The Bertz CT molecular complexity index is 415. The standard InChI is InChI=1S/C15H22BrF2NO/c1-4-10(2)7-11(3)19-9-12-8-13(16)5-6-14(12)20-15(17)18/h5-6,8,10-11,15,19H,4,7,9H2,1-3H3. The Labute approximate surface area is 128 Å². The second-order valence-corrected chi connectivity index (χ2v) is 6.08. The summed E-state index contributed by atoms with van der Waals surface area (Å²) in [4.78, 5) is 0. The van der Waals surface area contributed by atoms with E-state index >= 15 is 0 Å². The molecule has 0 radical (unpaired) electrons. The summed E-state index contributed by atoms with van der Waals surface area (Å²) in [6, 6.07) is 5.40. The van der Waals surface area contributed by atoms with E-state index in [0.717, 1.165) is 22.9 Å². The van der Waals surface area contributed by atoms with E-state index in [1.165, 1.54) is 0 Å². The maximum atomic E-state index is 12.4. The molecular formula is C15H22BrF2NO. The lowest BCUT2D eigenvalue weighted by molar-refractivity contribution is -0.0505. The summed E-state index contributed by atoms with van der Waals surface area (Å²) in [5, 5.41) is 3.36. The summed E-state index contributed by atoms with van der Waals surface area (Å²) < 4.78 is 30.1. The van der Waals surface area contributed by atoms with Crippen LogP contribution in [0.15, 0.2) is 22.7 Å². The van der Waals surface area contributed by atoms with Crippen molar-refractivity contribution in [1.82, 2.24) is 5.32 Å². The van der Waals surface area contributed by atoms with E-state index in [0.29, 0.717) is 18.5 Å². The van der Waals surface area contributed by atoms with Crippen LogP contribution in [0.5, 0.6) is 5.75 Å². The third-order valence-corrected chi connectivity index (χ3v) is 3.83. The Morgan fingerprint density at radius 2 is 2.00 bits per heavy atom. The van der Waals surface area contributed by atoms with E-state index in [2.05, 4.69) is 46.8 Å². The van der Waals surface area contributed by atoms with Crippen molar-refractivity contribution in [3.05, 3.63) is 28.2 Å². The summed E-state index contributed by atoms with van der Waals surface area (Å²) in [6.45, 7) is 4.20. The zero-order valence-corrected chi connectivity index (χ0v) is 13.7. The second kappa shape index (κ2) is 8.57. The molecule has 0 bridgehead atoms. The highest BCUT2D eigenvalue weighted by atomic mass is 79.9. The van der Waals surface area contributed by atoms with E-state index in [9.17, 15) is 8.78 Å². The lowest BCUT2D eigenvalue weighted by Crippen LogP contribution is -2.27. The normalized spacial score (nSPS) is 14.3. The Morgan fingerprint density at radius 1 is 1.30 bits per heavy atom. The number of benzene rings is 1. The lowest BCUT2D eigenvalue weighted by atomic mass is 10.0. The number of hydrogen-bond donors (Lipinski definition) is 1. The van der Waals surface area contributed by atoms with Crippen LogP contribution < -0.4 is 10.1 Å². The SMILES string of the molecule is CCC(C)CC(C)NCc1cc(Br)ccc1OC(F)F. The summed E-state index contributed by atoms with van der Waals surface area (Å²) in [6.07, 6.45) is 2.21. The predicted molar refractivity (Wildman–Crippen MR) is 81.1 cm³/mol. The molecule has 2 unspecified atom stereocenters. The fourth-order valence-corrected chi connectivity index (χ4v) is 2.44. The highest BCUT2D eigenvalue weighted by molar-refractivity contribution is 9.10. The molecule has 0 aromatic heterocycles.